The predicted octanol–water partition coefficient (Wildman–Crippen LogP) is 2.87. The Morgan fingerprint density at radius 3 is 2.67 bits per heavy atom. The van der Waals surface area contributed by atoms with Gasteiger partial charge in [-0.3, -0.25) is 0 Å². The molecule has 110 valence electrons. The standard InChI is InChI=1S/C16H18FN3O/c1-11-4-3-5-14(8-11)20(2)10-13-7-6-12(9-15(13)17)16(18)19-21/h3-9,21H,10H2,1-2H3,(H2,18,19). The van der Waals surface area contributed by atoms with Crippen LogP contribution >= 0.6 is 0 Å². The number of nitrogens with zero attached hydrogens (tertiary/aromatic N) is 2. The van der Waals surface area contributed by atoms with Gasteiger partial charge in [-0.05, 0) is 30.7 Å². The van der Waals surface area contributed by atoms with Gasteiger partial charge in [-0.15, -0.1) is 0 Å². The Balaban J connectivity index is 2.20. The van der Waals surface area contributed by atoms with E-state index < -0.39 is 0 Å². The smallest absolute Gasteiger partial charge is 0.170 e. The van der Waals surface area contributed by atoms with Crippen molar-refractivity contribution in [3.05, 3.63) is 65.0 Å². The van der Waals surface area contributed by atoms with E-state index in [0.29, 0.717) is 17.7 Å². The molecule has 2 aromatic rings. The lowest BCUT2D eigenvalue weighted by atomic mass is 10.1. The van der Waals surface area contributed by atoms with E-state index in [1.807, 2.05) is 43.1 Å². The molecule has 0 spiro atoms. The molecule has 0 fully saturated rings. The van der Waals surface area contributed by atoms with Crippen LogP contribution < -0.4 is 10.6 Å². The molecule has 5 heteroatoms. The van der Waals surface area contributed by atoms with Crippen molar-refractivity contribution in [2.45, 2.75) is 13.5 Å². The maximum atomic E-state index is 14.1. The summed E-state index contributed by atoms with van der Waals surface area (Å²) in [5, 5.41) is 11.5. The summed E-state index contributed by atoms with van der Waals surface area (Å²) in [4.78, 5) is 1.97. The van der Waals surface area contributed by atoms with Crippen LogP contribution in [0.5, 0.6) is 0 Å². The molecule has 0 heterocycles. The van der Waals surface area contributed by atoms with Crippen molar-refractivity contribution in [3.8, 4) is 0 Å². The molecule has 0 saturated carbocycles. The van der Waals surface area contributed by atoms with Gasteiger partial charge in [0, 0.05) is 30.4 Å². The van der Waals surface area contributed by atoms with E-state index in [9.17, 15) is 4.39 Å². The molecule has 0 radical (unpaired) electrons. The minimum Gasteiger partial charge on any atom is -0.409 e. The maximum Gasteiger partial charge on any atom is 0.170 e. The highest BCUT2D eigenvalue weighted by Crippen LogP contribution is 2.19. The third-order valence-corrected chi connectivity index (χ3v) is 3.31. The van der Waals surface area contributed by atoms with Gasteiger partial charge in [-0.2, -0.15) is 0 Å². The Morgan fingerprint density at radius 2 is 2.05 bits per heavy atom. The molecule has 2 aromatic carbocycles. The normalized spacial score (nSPS) is 11.5. The lowest BCUT2D eigenvalue weighted by Crippen LogP contribution is -2.18. The molecule has 3 N–H and O–H groups in total. The molecule has 0 saturated heterocycles. The molecule has 0 aliphatic carbocycles. The highest BCUT2D eigenvalue weighted by Gasteiger charge is 2.09. The molecule has 2 rings (SSSR count). The van der Waals surface area contributed by atoms with Crippen molar-refractivity contribution in [2.24, 2.45) is 10.9 Å². The van der Waals surface area contributed by atoms with Crippen molar-refractivity contribution < 1.29 is 9.60 Å². The fourth-order valence-electron chi connectivity index (χ4n) is 2.10. The molecule has 21 heavy (non-hydrogen) atoms. The molecular formula is C16H18FN3O. The number of aryl methyl sites for hydroxylation is 1. The fraction of sp³-hybridized carbons (Fsp3) is 0.188. The average Bonchev–Trinajstić information content (AvgIpc) is 2.48. The van der Waals surface area contributed by atoms with E-state index in [1.165, 1.54) is 6.07 Å². The van der Waals surface area contributed by atoms with Crippen molar-refractivity contribution >= 4 is 11.5 Å². The second-order valence-corrected chi connectivity index (χ2v) is 4.99. The number of hydrogen-bond acceptors (Lipinski definition) is 3. The summed E-state index contributed by atoms with van der Waals surface area (Å²) in [5.74, 6) is -0.480. The Morgan fingerprint density at radius 1 is 1.29 bits per heavy atom. The number of hydrogen-bond donors (Lipinski definition) is 2. The summed E-state index contributed by atoms with van der Waals surface area (Å²) in [6.07, 6.45) is 0. The van der Waals surface area contributed by atoms with E-state index in [4.69, 9.17) is 10.9 Å². The van der Waals surface area contributed by atoms with E-state index in [-0.39, 0.29) is 11.7 Å². The van der Waals surface area contributed by atoms with Crippen molar-refractivity contribution in [3.63, 3.8) is 0 Å². The van der Waals surface area contributed by atoms with Crippen molar-refractivity contribution in [1.29, 1.82) is 0 Å². The summed E-state index contributed by atoms with van der Waals surface area (Å²) >= 11 is 0. The third-order valence-electron chi connectivity index (χ3n) is 3.31. The van der Waals surface area contributed by atoms with E-state index >= 15 is 0 Å². The zero-order valence-electron chi connectivity index (χ0n) is 12.0. The van der Waals surface area contributed by atoms with E-state index in [1.54, 1.807) is 12.1 Å². The van der Waals surface area contributed by atoms with Crippen LogP contribution in [-0.2, 0) is 6.54 Å². The Hall–Kier alpha value is -2.56. The quantitative estimate of drug-likeness (QED) is 0.393. The molecule has 0 atom stereocenters. The molecule has 0 aliphatic rings. The first-order valence-corrected chi connectivity index (χ1v) is 6.55. The summed E-state index contributed by atoms with van der Waals surface area (Å²) in [5.41, 5.74) is 8.53. The zero-order valence-corrected chi connectivity index (χ0v) is 12.0. The Kier molecular flexibility index (Phi) is 4.42. The maximum absolute atomic E-state index is 14.1. The first-order chi connectivity index (χ1) is 10.0. The molecular weight excluding hydrogens is 269 g/mol. The van der Waals surface area contributed by atoms with Gasteiger partial charge in [0.15, 0.2) is 5.84 Å². The monoisotopic (exact) mass is 287 g/mol. The summed E-state index contributed by atoms with van der Waals surface area (Å²) in [7, 11) is 1.91. The van der Waals surface area contributed by atoms with Crippen LogP contribution in [0.2, 0.25) is 0 Å². The van der Waals surface area contributed by atoms with Crippen LogP contribution in [0.4, 0.5) is 10.1 Å². The second kappa shape index (κ2) is 6.26. The first-order valence-electron chi connectivity index (χ1n) is 6.55. The first kappa shape index (κ1) is 14.8. The largest absolute Gasteiger partial charge is 0.409 e. The minimum absolute atomic E-state index is 0.104. The van der Waals surface area contributed by atoms with Crippen LogP contribution in [0, 0.1) is 12.7 Å². The predicted molar refractivity (Wildman–Crippen MR) is 82.2 cm³/mol. The molecule has 0 amide bonds. The number of benzene rings is 2. The van der Waals surface area contributed by atoms with E-state index in [2.05, 4.69) is 5.16 Å². The van der Waals surface area contributed by atoms with Gasteiger partial charge >= 0.3 is 0 Å². The SMILES string of the molecule is Cc1cccc(N(C)Cc2ccc(C(N)=NO)cc2F)c1. The lowest BCUT2D eigenvalue weighted by Gasteiger charge is -2.20. The number of rotatable bonds is 4. The van der Waals surface area contributed by atoms with Crippen molar-refractivity contribution in [2.75, 3.05) is 11.9 Å². The van der Waals surface area contributed by atoms with Gasteiger partial charge < -0.3 is 15.8 Å². The zero-order chi connectivity index (χ0) is 15.4. The number of amidine groups is 1. The lowest BCUT2D eigenvalue weighted by molar-refractivity contribution is 0.318. The number of halogens is 1. The minimum atomic E-state index is -0.376. The number of anilines is 1. The van der Waals surface area contributed by atoms with Crippen LogP contribution in [0.15, 0.2) is 47.6 Å². The third kappa shape index (κ3) is 3.51. The van der Waals surface area contributed by atoms with Crippen LogP contribution in [-0.4, -0.2) is 18.1 Å². The van der Waals surface area contributed by atoms with Crippen LogP contribution in [0.25, 0.3) is 0 Å². The topological polar surface area (TPSA) is 61.8 Å². The van der Waals surface area contributed by atoms with Crippen molar-refractivity contribution in [1.82, 2.24) is 0 Å². The van der Waals surface area contributed by atoms with E-state index in [0.717, 1.165) is 11.3 Å². The molecule has 0 aromatic heterocycles. The second-order valence-electron chi connectivity index (χ2n) is 4.99. The van der Waals surface area contributed by atoms with Gasteiger partial charge in [-0.25, -0.2) is 4.39 Å². The molecule has 0 unspecified atom stereocenters. The molecule has 0 bridgehead atoms. The van der Waals surface area contributed by atoms with Crippen LogP contribution in [0.3, 0.4) is 0 Å². The Bertz CT molecular complexity index is 670. The van der Waals surface area contributed by atoms with Gasteiger partial charge in [-0.1, -0.05) is 29.4 Å². The molecule has 0 aliphatic heterocycles. The average molecular weight is 287 g/mol. The summed E-state index contributed by atoms with van der Waals surface area (Å²) in [6, 6.07) is 12.6. The number of oxime groups is 1. The Labute approximate surface area is 123 Å². The number of nitrogens with two attached hydrogens (primary N) is 1. The fourth-order valence-corrected chi connectivity index (χ4v) is 2.10. The molecule has 4 nitrogen and oxygen atoms in total. The summed E-state index contributed by atoms with van der Waals surface area (Å²) in [6.45, 7) is 2.45. The van der Waals surface area contributed by atoms with Gasteiger partial charge in [0.05, 0.1) is 0 Å². The van der Waals surface area contributed by atoms with Crippen LogP contribution in [0.1, 0.15) is 16.7 Å². The summed E-state index contributed by atoms with van der Waals surface area (Å²) < 4.78 is 14.1. The van der Waals surface area contributed by atoms with Gasteiger partial charge in [0.2, 0.25) is 0 Å². The van der Waals surface area contributed by atoms with Gasteiger partial charge in [0.25, 0.3) is 0 Å². The van der Waals surface area contributed by atoms with Gasteiger partial charge in [0.1, 0.15) is 5.82 Å². The highest BCUT2D eigenvalue weighted by atomic mass is 19.1. The highest BCUT2D eigenvalue weighted by molar-refractivity contribution is 5.97.